The molecule has 137 heavy (non-hydrogen) atoms. The van der Waals surface area contributed by atoms with E-state index >= 15 is 38.4 Å². The van der Waals surface area contributed by atoms with Crippen LogP contribution < -0.4 is 70.4 Å². The zero-order valence-corrected chi connectivity index (χ0v) is 78.5. The van der Waals surface area contributed by atoms with Crippen molar-refractivity contribution in [2.75, 3.05) is 64.9 Å². The van der Waals surface area contributed by atoms with Gasteiger partial charge in [0.15, 0.2) is 0 Å². The number of para-hydroxylation sites is 2. The molecule has 3 aromatic carbocycles. The van der Waals surface area contributed by atoms with E-state index in [9.17, 15) is 78.3 Å². The van der Waals surface area contributed by atoms with Crippen molar-refractivity contribution in [2.24, 2.45) is 23.1 Å². The number of nitrogens with zero attached hydrogens (tertiary/aromatic N) is 6. The predicted molar refractivity (Wildman–Crippen MR) is 497 cm³/mol. The topological polar surface area (TPSA) is 661 Å². The molecule has 6 heterocycles. The minimum absolute atomic E-state index is 0.0302. The summed E-state index contributed by atoms with van der Waals surface area (Å²) in [7, 11) is 2.56. The zero-order valence-electron chi connectivity index (χ0n) is 77.6. The molecule has 44 nitrogen and oxygen atoms in total. The van der Waals surface area contributed by atoms with Gasteiger partial charge in [-0.15, -0.1) is 11.8 Å². The smallest absolute Gasteiger partial charge is 0.323 e. The van der Waals surface area contributed by atoms with Crippen LogP contribution in [0.4, 0.5) is 0 Å². The van der Waals surface area contributed by atoms with Gasteiger partial charge in [-0.2, -0.15) is 0 Å². The number of piperidine rings is 1. The molecule has 4 fully saturated rings. The fourth-order valence-corrected chi connectivity index (χ4v) is 18.5. The number of likely N-dealkylation sites (N-methyl/N-ethyl adjacent to an activating group) is 2. The molecule has 17 amide bonds. The molecule has 22 N–H and O–H groups in total. The molecule has 45 heteroatoms. The summed E-state index contributed by atoms with van der Waals surface area (Å²) in [5.41, 5.74) is 19.6. The SMILES string of the molecule is CCCC[C@H]1C(=O)N(C)[C@@H](CCCC)C(=O)N[C@@H](CCC(=O)O)C(=O)N[C@H](C(=O)NCC(N)=O)CSCC(=O)N[C@@H](Cc2ccc(O)cc2)C(=O)N2CCCC[C@H]2C(=O)N[C@@H](CC(N)=O)C(=O)N2CCC[C@H]2C(=O)N[C@@H](CO)C(=O)N[C@@H](CC(C)C)C(=O)N2C[C@H](O)C[C@H]2C(=O)N[C@@H](Cc2c[nH]c3ccccc23)C(=O)N[C@@H](CCN)C(=O)N[C@@H](Cc2cn(CC(=O)O)c3ccccc23)C(=O)N1C. The number of aromatic hydroxyl groups is 1. The average Bonchev–Trinajstić information content (AvgIpc) is 1.72. The number of phenols is 1. The van der Waals surface area contributed by atoms with Crippen molar-refractivity contribution >= 4 is 146 Å². The van der Waals surface area contributed by atoms with Gasteiger partial charge >= 0.3 is 11.9 Å². The molecule has 746 valence electrons. The number of aromatic nitrogens is 2. The number of aliphatic hydroxyl groups is 2. The van der Waals surface area contributed by atoms with Crippen molar-refractivity contribution in [1.29, 1.82) is 0 Å². The van der Waals surface area contributed by atoms with Crippen molar-refractivity contribution in [2.45, 2.75) is 253 Å². The number of aliphatic hydroxyl groups excluding tert-OH is 2. The summed E-state index contributed by atoms with van der Waals surface area (Å²) >= 11 is 0.711. The van der Waals surface area contributed by atoms with E-state index in [0.717, 1.165) is 19.6 Å². The van der Waals surface area contributed by atoms with Gasteiger partial charge in [0, 0.05) is 106 Å². The normalized spacial score (nSPS) is 25.1. The summed E-state index contributed by atoms with van der Waals surface area (Å²) in [6.45, 7) is 3.52. The monoisotopic (exact) mass is 1930 g/mol. The number of thioether (sulfide) groups is 1. The summed E-state index contributed by atoms with van der Waals surface area (Å²) in [6.07, 6.45) is -0.604. The molecule has 15 atom stereocenters. The Morgan fingerprint density at radius 2 is 1.07 bits per heavy atom. The molecule has 2 aromatic heterocycles. The first-order valence-electron chi connectivity index (χ1n) is 46.2. The number of aromatic amines is 1. The van der Waals surface area contributed by atoms with Crippen LogP contribution in [0.25, 0.3) is 21.8 Å². The number of benzene rings is 3. The molecule has 0 unspecified atom stereocenters. The molecule has 0 spiro atoms. The highest BCUT2D eigenvalue weighted by atomic mass is 32.2. The molecule has 0 bridgehead atoms. The lowest BCUT2D eigenvalue weighted by molar-refractivity contribution is -0.149. The number of unbranched alkanes of at least 4 members (excludes halogenated alkanes) is 2. The summed E-state index contributed by atoms with van der Waals surface area (Å²) in [5.74, 6) is -21.2. The Balaban J connectivity index is 1.11. The molecule has 5 aromatic rings. The highest BCUT2D eigenvalue weighted by molar-refractivity contribution is 8.00. The van der Waals surface area contributed by atoms with Gasteiger partial charge in [-0.1, -0.05) is 102 Å². The molecule has 0 saturated carbocycles. The first kappa shape index (κ1) is 107. The quantitative estimate of drug-likeness (QED) is 0.0252. The van der Waals surface area contributed by atoms with Crippen molar-refractivity contribution in [3.63, 3.8) is 0 Å². The number of amides is 17. The van der Waals surface area contributed by atoms with Crippen LogP contribution in [0, 0.1) is 5.92 Å². The number of carboxylic acid groups (broad SMARTS) is 2. The number of rotatable bonds is 27. The molecule has 0 radical (unpaired) electrons. The van der Waals surface area contributed by atoms with Gasteiger partial charge < -0.3 is 130 Å². The van der Waals surface area contributed by atoms with Crippen LogP contribution in [0.1, 0.15) is 154 Å². The number of nitrogens with two attached hydrogens (primary N) is 3. The summed E-state index contributed by atoms with van der Waals surface area (Å²) in [6, 6.07) is -3.54. The molecular formula is C92H128N20O24S. The first-order chi connectivity index (χ1) is 65.2. The Bertz CT molecular complexity index is 5210. The van der Waals surface area contributed by atoms with Crippen LogP contribution in [-0.4, -0.2) is 328 Å². The Labute approximate surface area is 795 Å². The highest BCUT2D eigenvalue weighted by Gasteiger charge is 2.48. The van der Waals surface area contributed by atoms with E-state index < -0.39 is 279 Å². The standard InChI is InChI=1S/C92H128N20O24S/c1-7-9-21-69-84(128)100-59(30-31-77(119)120)80(124)106-67(79(123)97-43-75(95)117)48-137-49-76(118)98-63(37-51-26-28-54(114)29-27-51)89(133)110-34-16-15-24-70(110)85(129)104-65(41-74(94)116)90(134)111-35-17-25-71(111)86(130)105-66(47-113)83(127)102-62(36-50(3)4)91(135)112-45-55(115)40-73(112)87(131)101-61(38-52-42-96-58-20-13-11-18-56(52)58)82(126)99-60(32-33-93)81(125)103-64(88(132)108(6)72(22-10-8-2)92(136)107(69)5)39-53-44-109(46-78(121)122)68-23-14-12-19-57(53)68/h11-14,18-20,23,26-29,42,44,50,55,59-67,69-73,96,113-115H,7-10,15-17,21-22,24-25,30-41,43,45-49,93H2,1-6H3,(H2,94,116)(H2,95,117)(H,97,123)(H,98,118)(H,99,126)(H,100,128)(H,101,131)(H,102,127)(H,103,125)(H,104,129)(H,105,130)(H,106,124)(H,119,120)(H,121,122)/t55-,59+,60+,61+,62+,63+,64+,65+,66+,67+,69+,70+,71+,72+,73+/m1/s1. The van der Waals surface area contributed by atoms with Gasteiger partial charge in [-0.25, -0.2) is 0 Å². The fraction of sp³-hybridized carbons (Fsp3) is 0.554. The third kappa shape index (κ3) is 29.6. The maximum atomic E-state index is 16.0. The Kier molecular flexibility index (Phi) is 40.0. The van der Waals surface area contributed by atoms with E-state index in [2.05, 4.69) is 58.2 Å². The van der Waals surface area contributed by atoms with Crippen LogP contribution in [0.5, 0.6) is 5.75 Å². The lowest BCUT2D eigenvalue weighted by Crippen LogP contribution is -2.62. The maximum Gasteiger partial charge on any atom is 0.323 e. The summed E-state index contributed by atoms with van der Waals surface area (Å²) in [5, 5.41) is 79.7. The van der Waals surface area contributed by atoms with Gasteiger partial charge in [-0.05, 0) is 118 Å². The fourth-order valence-electron chi connectivity index (χ4n) is 17.6. The van der Waals surface area contributed by atoms with Gasteiger partial charge in [0.25, 0.3) is 0 Å². The van der Waals surface area contributed by atoms with Crippen LogP contribution in [-0.2, 0) is 117 Å². The van der Waals surface area contributed by atoms with Crippen LogP contribution in [0.2, 0.25) is 0 Å². The lowest BCUT2D eigenvalue weighted by atomic mass is 9.97. The molecule has 4 aliphatic rings. The van der Waals surface area contributed by atoms with E-state index in [0.29, 0.717) is 75.9 Å². The third-order valence-electron chi connectivity index (χ3n) is 24.7. The zero-order chi connectivity index (χ0) is 100. The number of nitrogens with one attached hydrogen (secondary N) is 11. The van der Waals surface area contributed by atoms with Crippen molar-refractivity contribution in [3.8, 4) is 5.75 Å². The predicted octanol–water partition coefficient (Wildman–Crippen LogP) is -2.85. The van der Waals surface area contributed by atoms with Crippen LogP contribution in [0.3, 0.4) is 0 Å². The number of carboxylic acids is 2. The summed E-state index contributed by atoms with van der Waals surface area (Å²) in [4.78, 5) is 284. The molecule has 9 rings (SSSR count). The number of fused-ring (bicyclic) bond motifs is 5. The lowest BCUT2D eigenvalue weighted by Gasteiger charge is -2.38. The largest absolute Gasteiger partial charge is 0.508 e. The van der Waals surface area contributed by atoms with Gasteiger partial charge in [0.1, 0.15) is 96.9 Å². The first-order valence-corrected chi connectivity index (χ1v) is 47.3. The van der Waals surface area contributed by atoms with Gasteiger partial charge in [0.05, 0.1) is 31.4 Å². The van der Waals surface area contributed by atoms with E-state index in [1.165, 1.54) is 54.0 Å². The van der Waals surface area contributed by atoms with Gasteiger partial charge in [0.2, 0.25) is 100 Å². The van der Waals surface area contributed by atoms with E-state index in [1.807, 2.05) is 0 Å². The van der Waals surface area contributed by atoms with Crippen LogP contribution in [0.15, 0.2) is 85.2 Å². The van der Waals surface area contributed by atoms with E-state index in [4.69, 9.17) is 17.2 Å². The minimum Gasteiger partial charge on any atom is -0.508 e. The highest BCUT2D eigenvalue weighted by Crippen LogP contribution is 2.30. The molecule has 4 aliphatic heterocycles. The number of H-pyrrole nitrogens is 1. The van der Waals surface area contributed by atoms with Crippen LogP contribution >= 0.6 is 11.8 Å². The molecule has 4 saturated heterocycles. The second-order valence-corrected chi connectivity index (χ2v) is 36.5. The van der Waals surface area contributed by atoms with Crippen molar-refractivity contribution < 1.29 is 117 Å². The summed E-state index contributed by atoms with van der Waals surface area (Å²) < 4.78 is 1.41. The second-order valence-electron chi connectivity index (χ2n) is 35.5. The van der Waals surface area contributed by atoms with Crippen molar-refractivity contribution in [1.82, 2.24) is 87.2 Å². The second kappa shape index (κ2) is 51.0. The number of carbonyl (C=O) groups excluding carboxylic acids is 17. The van der Waals surface area contributed by atoms with Crippen molar-refractivity contribution in [3.05, 3.63) is 102 Å². The third-order valence-corrected chi connectivity index (χ3v) is 25.8. The maximum absolute atomic E-state index is 16.0. The van der Waals surface area contributed by atoms with E-state index in [-0.39, 0.29) is 96.0 Å². The Hall–Kier alpha value is -13.3. The number of primary amides is 2. The number of carbonyl (C=O) groups is 19. The minimum atomic E-state index is -1.85. The number of phenolic OH excluding ortho intramolecular Hbond substituents is 1. The Morgan fingerprint density at radius 1 is 0.533 bits per heavy atom. The average molecular weight is 1930 g/mol. The number of hydrogen-bond donors (Lipinski definition) is 19. The number of aliphatic carboxylic acids is 2. The van der Waals surface area contributed by atoms with E-state index in [1.54, 1.807) is 82.4 Å². The number of hydrogen-bond acceptors (Lipinski definition) is 24. The van der Waals surface area contributed by atoms with Gasteiger partial charge in [-0.3, -0.25) is 91.1 Å². The molecule has 0 aliphatic carbocycles. The Morgan fingerprint density at radius 3 is 1.72 bits per heavy atom. The molecular weight excluding hydrogens is 1800 g/mol.